The van der Waals surface area contributed by atoms with Gasteiger partial charge in [-0.15, -0.1) is 0 Å². The Morgan fingerprint density at radius 1 is 0.552 bits per heavy atom. The number of esters is 1. The second kappa shape index (κ2) is 41.2. The molecule has 0 spiro atoms. The molecule has 0 rings (SSSR count). The molecule has 0 aliphatic carbocycles. The van der Waals surface area contributed by atoms with E-state index in [1.165, 1.54) is 83.5 Å². The molecule has 0 aromatic heterocycles. The van der Waals surface area contributed by atoms with E-state index in [1.54, 1.807) is 0 Å². The number of phosphoric acid groups is 1. The van der Waals surface area contributed by atoms with Crippen molar-refractivity contribution in [3.05, 3.63) is 48.6 Å². The number of hydrogen-bond acceptors (Lipinski definition) is 8. The van der Waals surface area contributed by atoms with Crippen molar-refractivity contribution in [2.24, 2.45) is 0 Å². The Labute approximate surface area is 352 Å². The minimum absolute atomic E-state index is 0.124. The van der Waals surface area contributed by atoms with E-state index in [2.05, 4.69) is 67.8 Å². The number of carbonyl (C=O) groups excluding carboxylic acids is 2. The van der Waals surface area contributed by atoms with E-state index in [1.807, 2.05) is 0 Å². The van der Waals surface area contributed by atoms with Crippen molar-refractivity contribution in [1.29, 1.82) is 0 Å². The predicted octanol–water partition coefficient (Wildman–Crippen LogP) is 11.8. The molecule has 1 amide bonds. The van der Waals surface area contributed by atoms with Gasteiger partial charge in [0.15, 0.2) is 6.04 Å². The lowest BCUT2D eigenvalue weighted by Gasteiger charge is -2.18. The average molecular weight is 840 g/mol. The Morgan fingerprint density at radius 2 is 0.948 bits per heavy atom. The number of carbonyl (C=O) groups is 3. The van der Waals surface area contributed by atoms with Gasteiger partial charge in [-0.2, -0.15) is 0 Å². The molecule has 0 aromatic rings. The molecular formula is C46H82NO10P. The second-order valence-electron chi connectivity index (χ2n) is 15.2. The van der Waals surface area contributed by atoms with Gasteiger partial charge in [0.2, 0.25) is 5.91 Å². The van der Waals surface area contributed by atoms with Crippen molar-refractivity contribution in [2.75, 3.05) is 19.8 Å². The number of aliphatic carboxylic acids is 1. The van der Waals surface area contributed by atoms with Crippen molar-refractivity contribution < 1.29 is 47.8 Å². The molecule has 336 valence electrons. The van der Waals surface area contributed by atoms with Crippen LogP contribution < -0.4 is 5.32 Å². The van der Waals surface area contributed by atoms with Gasteiger partial charge in [0.05, 0.1) is 13.2 Å². The van der Waals surface area contributed by atoms with Crippen LogP contribution in [0.3, 0.4) is 0 Å². The zero-order chi connectivity index (χ0) is 42.8. The first-order valence-electron chi connectivity index (χ1n) is 22.7. The highest BCUT2D eigenvalue weighted by atomic mass is 31.2. The Hall–Kier alpha value is -2.56. The quantitative estimate of drug-likeness (QED) is 0.0201. The first kappa shape index (κ1) is 55.4. The van der Waals surface area contributed by atoms with Gasteiger partial charge in [-0.1, -0.05) is 172 Å². The Kier molecular flexibility index (Phi) is 39.4. The van der Waals surface area contributed by atoms with Crippen LogP contribution in [0.25, 0.3) is 0 Å². The molecule has 0 saturated heterocycles. The van der Waals surface area contributed by atoms with Crippen molar-refractivity contribution in [2.45, 2.75) is 206 Å². The number of rotatable bonds is 42. The molecule has 0 radical (unpaired) electrons. The van der Waals surface area contributed by atoms with Gasteiger partial charge < -0.3 is 25.2 Å². The summed E-state index contributed by atoms with van der Waals surface area (Å²) in [5.74, 6) is -2.40. The molecule has 4 N–H and O–H groups in total. The maximum Gasteiger partial charge on any atom is 0.472 e. The maximum absolute atomic E-state index is 12.3. The first-order valence-corrected chi connectivity index (χ1v) is 24.2. The molecule has 0 saturated carbocycles. The van der Waals surface area contributed by atoms with Crippen LogP contribution in [0.4, 0.5) is 0 Å². The lowest BCUT2D eigenvalue weighted by atomic mass is 10.0. The first-order chi connectivity index (χ1) is 28.1. The summed E-state index contributed by atoms with van der Waals surface area (Å²) in [7, 11) is -4.76. The Bertz CT molecular complexity index is 1170. The van der Waals surface area contributed by atoms with Crippen LogP contribution in [-0.2, 0) is 32.7 Å². The summed E-state index contributed by atoms with van der Waals surface area (Å²) in [4.78, 5) is 45.9. The van der Waals surface area contributed by atoms with Crippen molar-refractivity contribution >= 4 is 25.7 Å². The fraction of sp³-hybridized carbons (Fsp3) is 0.761. The lowest BCUT2D eigenvalue weighted by molar-refractivity contribution is -0.147. The number of allylic oxidation sites excluding steroid dienone is 8. The van der Waals surface area contributed by atoms with Crippen molar-refractivity contribution in [3.63, 3.8) is 0 Å². The molecule has 58 heavy (non-hydrogen) atoms. The van der Waals surface area contributed by atoms with E-state index in [0.717, 1.165) is 70.6 Å². The number of hydrogen-bond donors (Lipinski definition) is 4. The van der Waals surface area contributed by atoms with Gasteiger partial charge in [-0.25, -0.2) is 9.36 Å². The van der Waals surface area contributed by atoms with E-state index in [4.69, 9.17) is 13.8 Å². The van der Waals surface area contributed by atoms with Crippen LogP contribution in [0.1, 0.15) is 194 Å². The zero-order valence-corrected chi connectivity index (χ0v) is 37.2. The average Bonchev–Trinajstić information content (AvgIpc) is 3.20. The van der Waals surface area contributed by atoms with Gasteiger partial charge in [0.25, 0.3) is 0 Å². The lowest BCUT2D eigenvalue weighted by Crippen LogP contribution is -2.43. The van der Waals surface area contributed by atoms with Crippen LogP contribution in [0.5, 0.6) is 0 Å². The number of carboxylic acid groups (broad SMARTS) is 1. The highest BCUT2D eigenvalue weighted by Crippen LogP contribution is 2.43. The molecule has 0 bridgehead atoms. The van der Waals surface area contributed by atoms with Gasteiger partial charge in [-0.3, -0.25) is 18.6 Å². The summed E-state index contributed by atoms with van der Waals surface area (Å²) in [6, 6.07) is -1.56. The fourth-order valence-electron chi connectivity index (χ4n) is 6.06. The monoisotopic (exact) mass is 840 g/mol. The van der Waals surface area contributed by atoms with Gasteiger partial charge in [0, 0.05) is 12.8 Å². The number of amides is 1. The maximum atomic E-state index is 12.3. The number of aliphatic hydroxyl groups is 1. The van der Waals surface area contributed by atoms with Crippen LogP contribution in [0, 0.1) is 0 Å². The largest absolute Gasteiger partial charge is 0.480 e. The second-order valence-corrected chi connectivity index (χ2v) is 16.7. The number of ether oxygens (including phenoxy) is 1. The number of unbranched alkanes of at least 4 members (excludes halogenated alkanes) is 20. The van der Waals surface area contributed by atoms with Crippen LogP contribution >= 0.6 is 7.82 Å². The molecule has 0 aromatic carbocycles. The summed E-state index contributed by atoms with van der Waals surface area (Å²) in [6.07, 6.45) is 45.6. The standard InChI is InChI=1S/C46H82NO10P/c1-3-5-7-9-11-13-15-17-18-19-20-21-22-23-24-26-27-29-31-33-35-37-44(49)47-43(46(51)52)41-57-58(53,54)56-40-42(48)39-55-45(50)38-36-34-32-30-28-25-16-14-12-10-8-6-4-2/h11,13,17-18,20-21,23-24,42-43,48H,3-10,12,14-16,19,22,25-41H2,1-2H3,(H,47,49)(H,51,52)(H,53,54)/b13-11-,18-17-,21-20-,24-23-. The number of carboxylic acids is 1. The topological polar surface area (TPSA) is 169 Å². The van der Waals surface area contributed by atoms with Gasteiger partial charge >= 0.3 is 19.8 Å². The summed E-state index contributed by atoms with van der Waals surface area (Å²) in [5.41, 5.74) is 0. The van der Waals surface area contributed by atoms with E-state index >= 15 is 0 Å². The number of phosphoric ester groups is 1. The van der Waals surface area contributed by atoms with E-state index in [-0.39, 0.29) is 12.8 Å². The summed E-state index contributed by atoms with van der Waals surface area (Å²) in [6.45, 7) is 2.55. The van der Waals surface area contributed by atoms with Crippen LogP contribution in [0.15, 0.2) is 48.6 Å². The summed E-state index contributed by atoms with van der Waals surface area (Å²) in [5, 5.41) is 21.8. The Morgan fingerprint density at radius 3 is 1.45 bits per heavy atom. The molecule has 0 fully saturated rings. The minimum atomic E-state index is -4.76. The fourth-order valence-corrected chi connectivity index (χ4v) is 6.84. The molecular weight excluding hydrogens is 757 g/mol. The number of nitrogens with one attached hydrogen (secondary N) is 1. The van der Waals surface area contributed by atoms with Gasteiger partial charge in [0.1, 0.15) is 12.7 Å². The third kappa shape index (κ3) is 40.2. The highest BCUT2D eigenvalue weighted by Gasteiger charge is 2.28. The molecule has 11 nitrogen and oxygen atoms in total. The third-order valence-electron chi connectivity index (χ3n) is 9.62. The molecule has 12 heteroatoms. The molecule has 3 atom stereocenters. The predicted molar refractivity (Wildman–Crippen MR) is 235 cm³/mol. The van der Waals surface area contributed by atoms with E-state index in [9.17, 15) is 34.1 Å². The van der Waals surface area contributed by atoms with E-state index < -0.39 is 57.6 Å². The minimum Gasteiger partial charge on any atom is -0.480 e. The molecule has 3 unspecified atom stereocenters. The van der Waals surface area contributed by atoms with Gasteiger partial charge in [-0.05, 0) is 57.8 Å². The Balaban J connectivity index is 3.94. The normalized spacial score (nSPS) is 14.1. The smallest absolute Gasteiger partial charge is 0.472 e. The molecule has 0 aliphatic heterocycles. The summed E-state index contributed by atoms with van der Waals surface area (Å²) >= 11 is 0. The zero-order valence-electron chi connectivity index (χ0n) is 36.3. The van der Waals surface area contributed by atoms with Crippen LogP contribution in [0.2, 0.25) is 0 Å². The molecule has 0 heterocycles. The SMILES string of the molecule is CCCCC/C=C\C/C=C\C/C=C\C/C=C\CCCCCCCC(=O)NC(COP(=O)(O)OCC(O)COC(=O)CCCCCCCCCCCCCCC)C(=O)O. The van der Waals surface area contributed by atoms with E-state index in [0.29, 0.717) is 12.8 Å². The number of aliphatic hydroxyl groups excluding tert-OH is 1. The van der Waals surface area contributed by atoms with Crippen molar-refractivity contribution in [1.82, 2.24) is 5.32 Å². The summed E-state index contributed by atoms with van der Waals surface area (Å²) < 4.78 is 26.8. The molecule has 0 aliphatic rings. The third-order valence-corrected chi connectivity index (χ3v) is 10.6. The highest BCUT2D eigenvalue weighted by molar-refractivity contribution is 7.47. The van der Waals surface area contributed by atoms with Crippen LogP contribution in [-0.4, -0.2) is 64.9 Å². The van der Waals surface area contributed by atoms with Crippen molar-refractivity contribution in [3.8, 4) is 0 Å².